The molecule has 0 fully saturated rings. The Morgan fingerprint density at radius 2 is 1.82 bits per heavy atom. The Hall–Kier alpha value is -5.07. The Kier molecular flexibility index (Phi) is 9.26. The van der Waals surface area contributed by atoms with Crippen LogP contribution < -0.4 is 26.8 Å². The number of nitrogens with two attached hydrogens (primary N) is 2. The highest BCUT2D eigenvalue weighted by Gasteiger charge is 2.28. The van der Waals surface area contributed by atoms with Gasteiger partial charge in [-0.2, -0.15) is 0 Å². The topological polar surface area (TPSA) is 176 Å². The summed E-state index contributed by atoms with van der Waals surface area (Å²) in [6, 6.07) is 11.8. The van der Waals surface area contributed by atoms with Crippen molar-refractivity contribution in [3.05, 3.63) is 87.0 Å². The largest absolute Gasteiger partial charge is 0.493 e. The van der Waals surface area contributed by atoms with Gasteiger partial charge in [0.2, 0.25) is 0 Å². The average molecular weight is 628 g/mol. The number of nitrogens with one attached hydrogen (secondary N) is 2. The molecule has 232 valence electrons. The summed E-state index contributed by atoms with van der Waals surface area (Å²) in [6.07, 6.45) is 1.40. The molecule has 0 bridgehead atoms. The molecule has 4 aromatic rings. The molecule has 0 saturated heterocycles. The van der Waals surface area contributed by atoms with Crippen LogP contribution in [0.1, 0.15) is 71.7 Å². The van der Waals surface area contributed by atoms with E-state index < -0.39 is 23.7 Å². The highest BCUT2D eigenvalue weighted by Crippen LogP contribution is 2.43. The van der Waals surface area contributed by atoms with Crippen LogP contribution in [0.5, 0.6) is 5.75 Å². The molecule has 0 saturated carbocycles. The summed E-state index contributed by atoms with van der Waals surface area (Å²) in [4.78, 5) is 57.7. The minimum Gasteiger partial charge on any atom is -0.493 e. The van der Waals surface area contributed by atoms with E-state index in [9.17, 15) is 19.2 Å². The van der Waals surface area contributed by atoms with Crippen LogP contribution in [0.3, 0.4) is 0 Å². The van der Waals surface area contributed by atoms with E-state index in [4.69, 9.17) is 20.9 Å². The van der Waals surface area contributed by atoms with E-state index in [-0.39, 0.29) is 40.3 Å². The smallest absolute Gasteiger partial charge is 0.357 e. The molecule has 0 spiro atoms. The van der Waals surface area contributed by atoms with Crippen molar-refractivity contribution in [3.63, 3.8) is 0 Å². The first kappa shape index (κ1) is 31.4. The summed E-state index contributed by atoms with van der Waals surface area (Å²) < 4.78 is 11.2. The Balaban J connectivity index is 1.72. The number of anilines is 1. The lowest BCUT2D eigenvalue weighted by atomic mass is 9.93. The van der Waals surface area contributed by atoms with Crippen molar-refractivity contribution in [2.24, 2.45) is 11.5 Å². The van der Waals surface area contributed by atoms with Crippen LogP contribution in [0.2, 0.25) is 0 Å². The van der Waals surface area contributed by atoms with Crippen LogP contribution in [0, 0.1) is 6.92 Å². The normalized spacial score (nSPS) is 11.8. The number of rotatable bonds is 9. The molecule has 45 heavy (non-hydrogen) atoms. The van der Waals surface area contributed by atoms with Crippen molar-refractivity contribution < 1.29 is 28.7 Å². The number of nitrogens with zero attached hydrogens (tertiary/aromatic N) is 1. The molecular weight excluding hydrogens is 594 g/mol. The molecule has 3 heterocycles. The lowest BCUT2D eigenvalue weighted by molar-refractivity contribution is 0.0594. The second-order valence-corrected chi connectivity index (χ2v) is 11.4. The maximum absolute atomic E-state index is 14.2. The molecule has 1 aliphatic rings. The second-order valence-electron chi connectivity index (χ2n) is 10.5. The van der Waals surface area contributed by atoms with Gasteiger partial charge in [0.25, 0.3) is 17.7 Å². The predicted molar refractivity (Wildman–Crippen MR) is 172 cm³/mol. The van der Waals surface area contributed by atoms with Crippen molar-refractivity contribution in [1.29, 1.82) is 0 Å². The van der Waals surface area contributed by atoms with Gasteiger partial charge in [-0.15, -0.1) is 11.3 Å². The van der Waals surface area contributed by atoms with Crippen molar-refractivity contribution in [2.75, 3.05) is 25.6 Å². The molecule has 5 rings (SSSR count). The Morgan fingerprint density at radius 1 is 1.02 bits per heavy atom. The van der Waals surface area contributed by atoms with E-state index in [0.29, 0.717) is 47.6 Å². The van der Waals surface area contributed by atoms with Gasteiger partial charge in [-0.05, 0) is 71.8 Å². The molecule has 2 aromatic carbocycles. The van der Waals surface area contributed by atoms with Gasteiger partial charge in [0.05, 0.1) is 25.0 Å². The molecule has 0 radical (unpaired) electrons. The highest BCUT2D eigenvalue weighted by molar-refractivity contribution is 7.13. The Labute approximate surface area is 263 Å². The zero-order valence-electron chi connectivity index (χ0n) is 25.1. The molecule has 11 nitrogen and oxygen atoms in total. The summed E-state index contributed by atoms with van der Waals surface area (Å²) in [5.74, 6) is -2.01. The number of carbonyl (C=O) groups is 4. The lowest BCUT2D eigenvalue weighted by Gasteiger charge is -2.19. The summed E-state index contributed by atoms with van der Waals surface area (Å²) in [7, 11) is 1.21. The van der Waals surface area contributed by atoms with Crippen molar-refractivity contribution in [2.45, 2.75) is 33.2 Å². The van der Waals surface area contributed by atoms with Crippen LogP contribution in [0.4, 0.5) is 5.69 Å². The lowest BCUT2D eigenvalue weighted by Crippen LogP contribution is -2.26. The molecule has 2 aromatic heterocycles. The number of ether oxygens (including phenoxy) is 2. The third kappa shape index (κ3) is 6.28. The first-order valence-electron chi connectivity index (χ1n) is 14.4. The number of hydrogen-bond acceptors (Lipinski definition) is 9. The molecule has 0 atom stereocenters. The van der Waals surface area contributed by atoms with E-state index in [2.05, 4.69) is 15.6 Å². The minimum atomic E-state index is -0.790. The number of hydrogen-bond donors (Lipinski definition) is 4. The summed E-state index contributed by atoms with van der Waals surface area (Å²) in [5, 5.41) is 7.61. The van der Waals surface area contributed by atoms with Crippen molar-refractivity contribution in [3.8, 4) is 27.3 Å². The number of thiophene rings is 1. The highest BCUT2D eigenvalue weighted by atomic mass is 32.1. The van der Waals surface area contributed by atoms with Crippen LogP contribution in [0.15, 0.2) is 47.8 Å². The van der Waals surface area contributed by atoms with Gasteiger partial charge in [-0.1, -0.05) is 13.0 Å². The summed E-state index contributed by atoms with van der Waals surface area (Å²) in [5.41, 5.74) is 15.5. The zero-order chi connectivity index (χ0) is 32.2. The fourth-order valence-corrected chi connectivity index (χ4v) is 6.21. The van der Waals surface area contributed by atoms with Crippen LogP contribution in [0.25, 0.3) is 21.6 Å². The van der Waals surface area contributed by atoms with Gasteiger partial charge in [0, 0.05) is 46.6 Å². The fourth-order valence-electron chi connectivity index (χ4n) is 5.23. The summed E-state index contributed by atoms with van der Waals surface area (Å²) in [6.45, 7) is 4.69. The molecular formula is C33H33N5O6S. The Bertz CT molecular complexity index is 1830. The summed E-state index contributed by atoms with van der Waals surface area (Å²) >= 11 is 1.53. The number of methoxy groups -OCH3 is 1. The number of carbonyl (C=O) groups excluding carboxylic acids is 4. The van der Waals surface area contributed by atoms with Gasteiger partial charge in [0.15, 0.2) is 5.69 Å². The standard InChI is InChI=1S/C33H33N5O6S/c1-4-9-36-32(41)25-6-5-20(28(37-25)33(42)43-3)21-15-26-23(29-19(7-10-44-26)8-11-45-29)14-22(21)31(40)38-27-17(2)12-18(16-34)13-24(27)30(35)39/h5-6,8,11-15H,4,7,9-10,16,34H2,1-3H3,(H2,35,39)(H,36,41)(H,38,40). The number of primary amides is 1. The number of aryl methyl sites for hydroxylation is 1. The maximum Gasteiger partial charge on any atom is 0.357 e. The average Bonchev–Trinajstić information content (AvgIpc) is 3.44. The van der Waals surface area contributed by atoms with Gasteiger partial charge < -0.3 is 31.6 Å². The molecule has 12 heteroatoms. The van der Waals surface area contributed by atoms with Crippen LogP contribution in [-0.4, -0.2) is 48.9 Å². The quantitative estimate of drug-likeness (QED) is 0.197. The van der Waals surface area contributed by atoms with Crippen molar-refractivity contribution in [1.82, 2.24) is 10.3 Å². The van der Waals surface area contributed by atoms with Crippen LogP contribution >= 0.6 is 11.3 Å². The van der Waals surface area contributed by atoms with E-state index in [0.717, 1.165) is 16.9 Å². The molecule has 0 aliphatic carbocycles. The first-order valence-corrected chi connectivity index (χ1v) is 15.2. The molecule has 3 amide bonds. The third-order valence-corrected chi connectivity index (χ3v) is 8.44. The third-order valence-electron chi connectivity index (χ3n) is 7.45. The minimum absolute atomic E-state index is 0.0227. The molecule has 6 N–H and O–H groups in total. The monoisotopic (exact) mass is 627 g/mol. The van der Waals surface area contributed by atoms with E-state index in [1.165, 1.54) is 24.5 Å². The maximum atomic E-state index is 14.2. The van der Waals surface area contributed by atoms with E-state index in [1.54, 1.807) is 37.3 Å². The molecule has 1 aliphatic heterocycles. The van der Waals surface area contributed by atoms with Gasteiger partial charge in [-0.3, -0.25) is 14.4 Å². The number of aromatic nitrogens is 1. The van der Waals surface area contributed by atoms with E-state index in [1.807, 2.05) is 18.4 Å². The van der Waals surface area contributed by atoms with Gasteiger partial charge in [-0.25, -0.2) is 9.78 Å². The van der Waals surface area contributed by atoms with Gasteiger partial charge in [0.1, 0.15) is 11.4 Å². The number of fused-ring (bicyclic) bond motifs is 3. The second kappa shape index (κ2) is 13.3. The SMILES string of the molecule is CCCNC(=O)c1ccc(-c2cc3c(cc2C(=O)Nc2c(C)cc(CN)cc2C(N)=O)-c2sccc2CCO3)c(C(=O)OC)n1. The van der Waals surface area contributed by atoms with Crippen LogP contribution in [-0.2, 0) is 17.7 Å². The number of esters is 1. The fraction of sp³-hybridized carbons (Fsp3) is 0.242. The number of pyridine rings is 1. The van der Waals surface area contributed by atoms with Crippen molar-refractivity contribution >= 4 is 40.7 Å². The van der Waals surface area contributed by atoms with Gasteiger partial charge >= 0.3 is 5.97 Å². The Morgan fingerprint density at radius 3 is 2.53 bits per heavy atom. The predicted octanol–water partition coefficient (Wildman–Crippen LogP) is 4.46. The van der Waals surface area contributed by atoms with E-state index >= 15 is 0 Å². The number of benzene rings is 2. The first-order chi connectivity index (χ1) is 21.7. The number of amides is 3. The zero-order valence-corrected chi connectivity index (χ0v) is 25.9. The molecule has 0 unspecified atom stereocenters.